The Bertz CT molecular complexity index is 480. The lowest BCUT2D eigenvalue weighted by atomic mass is 9.44. The smallest absolute Gasteiger partial charge is 0.0264 e. The van der Waals surface area contributed by atoms with Gasteiger partial charge in [0.05, 0.1) is 0 Å². The van der Waals surface area contributed by atoms with Gasteiger partial charge in [-0.3, -0.25) is 0 Å². The molecule has 0 spiro atoms. The van der Waals surface area contributed by atoms with Crippen molar-refractivity contribution in [1.29, 1.82) is 0 Å². The zero-order chi connectivity index (χ0) is 17.8. The van der Waals surface area contributed by atoms with Gasteiger partial charge < -0.3 is 0 Å². The van der Waals surface area contributed by atoms with Crippen LogP contribution in [0.3, 0.4) is 0 Å². The van der Waals surface area contributed by atoms with Crippen molar-refractivity contribution >= 4 is 0 Å². The van der Waals surface area contributed by atoms with E-state index in [2.05, 4.69) is 34.6 Å². The van der Waals surface area contributed by atoms with Gasteiger partial charge in [-0.25, -0.2) is 0 Å². The molecule has 0 amide bonds. The minimum Gasteiger partial charge on any atom is -0.0654 e. The van der Waals surface area contributed by atoms with Crippen molar-refractivity contribution in [3.63, 3.8) is 0 Å². The third-order valence-electron chi connectivity index (χ3n) is 10.3. The number of rotatable bonds is 3. The van der Waals surface area contributed by atoms with Gasteiger partial charge in [-0.1, -0.05) is 47.5 Å². The van der Waals surface area contributed by atoms with E-state index in [9.17, 15) is 0 Å². The number of hydrogen-bond acceptors (Lipinski definition) is 0. The predicted octanol–water partition coefficient (Wildman–Crippen LogP) is 7.53. The third kappa shape index (κ3) is 2.75. The fourth-order valence-electron chi connectivity index (χ4n) is 8.98. The van der Waals surface area contributed by atoms with Crippen molar-refractivity contribution in [3.05, 3.63) is 6.92 Å². The van der Waals surface area contributed by atoms with E-state index in [4.69, 9.17) is 0 Å². The Hall–Kier alpha value is 0. The van der Waals surface area contributed by atoms with Crippen LogP contribution in [0.25, 0.3) is 0 Å². The van der Waals surface area contributed by atoms with E-state index in [1.54, 1.807) is 19.3 Å². The zero-order valence-electron chi connectivity index (χ0n) is 17.5. The average Bonchev–Trinajstić information content (AvgIpc) is 2.93. The Morgan fingerprint density at radius 3 is 2.40 bits per heavy atom. The molecule has 1 radical (unpaired) electrons. The van der Waals surface area contributed by atoms with E-state index >= 15 is 0 Å². The number of fused-ring (bicyclic) bond motifs is 5. The van der Waals surface area contributed by atoms with Crippen LogP contribution < -0.4 is 0 Å². The van der Waals surface area contributed by atoms with Crippen LogP contribution in [0.2, 0.25) is 0 Å². The standard InChI is InChI=1S/C25H43/c1-6-7-18(3)21-10-11-22-20-9-8-19-16-17(2)12-14-24(19,4)23(20)13-15-25(21,22)5/h17-23H,2,6-16H2,1,3-5H3/t17?,18-,19?,20?,21-,22?,23?,24+,25-/m1/s1. The van der Waals surface area contributed by atoms with Crippen LogP contribution >= 0.6 is 0 Å². The summed E-state index contributed by atoms with van der Waals surface area (Å²) in [5.74, 6) is 6.84. The second-order valence-electron chi connectivity index (χ2n) is 11.3. The highest BCUT2D eigenvalue weighted by atomic mass is 14.6. The first-order valence-electron chi connectivity index (χ1n) is 11.7. The highest BCUT2D eigenvalue weighted by Crippen LogP contribution is 2.68. The van der Waals surface area contributed by atoms with Crippen LogP contribution in [-0.4, -0.2) is 0 Å². The van der Waals surface area contributed by atoms with Gasteiger partial charge >= 0.3 is 0 Å². The fraction of sp³-hybridized carbons (Fsp3) is 0.960. The molecule has 4 rings (SSSR count). The average molecular weight is 344 g/mol. The summed E-state index contributed by atoms with van der Waals surface area (Å²) in [6.07, 6.45) is 16.4. The van der Waals surface area contributed by atoms with Crippen molar-refractivity contribution in [3.8, 4) is 0 Å². The van der Waals surface area contributed by atoms with Crippen LogP contribution in [0.5, 0.6) is 0 Å². The first kappa shape index (κ1) is 18.4. The topological polar surface area (TPSA) is 0 Å². The summed E-state index contributed by atoms with van der Waals surface area (Å²) in [6.45, 7) is 14.8. The molecular formula is C25H43. The molecular weight excluding hydrogens is 300 g/mol. The molecule has 0 aromatic rings. The van der Waals surface area contributed by atoms with Gasteiger partial charge in [0, 0.05) is 0 Å². The monoisotopic (exact) mass is 343 g/mol. The molecule has 0 aliphatic heterocycles. The van der Waals surface area contributed by atoms with Crippen LogP contribution in [-0.2, 0) is 0 Å². The first-order valence-corrected chi connectivity index (χ1v) is 11.7. The third-order valence-corrected chi connectivity index (χ3v) is 10.3. The normalized spacial score (nSPS) is 53.6. The van der Waals surface area contributed by atoms with Crippen molar-refractivity contribution in [1.82, 2.24) is 0 Å². The minimum atomic E-state index is 0.658. The molecule has 0 saturated heterocycles. The van der Waals surface area contributed by atoms with Gasteiger partial charge in [0.1, 0.15) is 0 Å². The maximum atomic E-state index is 4.43. The molecule has 0 heteroatoms. The second kappa shape index (κ2) is 6.56. The quantitative estimate of drug-likeness (QED) is 0.496. The van der Waals surface area contributed by atoms with Crippen molar-refractivity contribution in [2.45, 2.75) is 98.3 Å². The Labute approximate surface area is 157 Å². The van der Waals surface area contributed by atoms with Crippen LogP contribution in [0.4, 0.5) is 0 Å². The van der Waals surface area contributed by atoms with Gasteiger partial charge in [-0.2, -0.15) is 0 Å². The van der Waals surface area contributed by atoms with Gasteiger partial charge in [0.15, 0.2) is 0 Å². The Balaban J connectivity index is 1.56. The van der Waals surface area contributed by atoms with E-state index < -0.39 is 0 Å². The summed E-state index contributed by atoms with van der Waals surface area (Å²) in [6, 6.07) is 0. The molecule has 25 heavy (non-hydrogen) atoms. The molecule has 0 aromatic heterocycles. The van der Waals surface area contributed by atoms with Crippen molar-refractivity contribution in [2.75, 3.05) is 0 Å². The molecule has 9 atom stereocenters. The van der Waals surface area contributed by atoms with E-state index in [0.29, 0.717) is 10.8 Å². The summed E-state index contributed by atoms with van der Waals surface area (Å²) in [7, 11) is 0. The van der Waals surface area contributed by atoms with Crippen LogP contribution in [0.15, 0.2) is 0 Å². The minimum absolute atomic E-state index is 0.658. The largest absolute Gasteiger partial charge is 0.0654 e. The summed E-state index contributed by atoms with van der Waals surface area (Å²) in [4.78, 5) is 0. The van der Waals surface area contributed by atoms with Gasteiger partial charge in [0.2, 0.25) is 0 Å². The first-order chi connectivity index (χ1) is 11.9. The van der Waals surface area contributed by atoms with Gasteiger partial charge in [-0.05, 0) is 110 Å². The second-order valence-corrected chi connectivity index (χ2v) is 11.3. The van der Waals surface area contributed by atoms with Crippen molar-refractivity contribution < 1.29 is 0 Å². The lowest BCUT2D eigenvalue weighted by Crippen LogP contribution is -2.53. The van der Waals surface area contributed by atoms with Gasteiger partial charge in [0.25, 0.3) is 0 Å². The lowest BCUT2D eigenvalue weighted by Gasteiger charge is -2.61. The molecule has 4 fully saturated rings. The summed E-state index contributed by atoms with van der Waals surface area (Å²) >= 11 is 0. The Morgan fingerprint density at radius 2 is 1.64 bits per heavy atom. The van der Waals surface area contributed by atoms with Crippen LogP contribution in [0, 0.1) is 59.2 Å². The predicted molar refractivity (Wildman–Crippen MR) is 108 cm³/mol. The molecule has 143 valence electrons. The maximum absolute atomic E-state index is 4.43. The summed E-state index contributed by atoms with van der Waals surface area (Å²) in [5.41, 5.74) is 1.33. The van der Waals surface area contributed by atoms with E-state index in [0.717, 1.165) is 41.4 Å². The molecule has 0 heterocycles. The van der Waals surface area contributed by atoms with E-state index in [-0.39, 0.29) is 0 Å². The molecule has 0 N–H and O–H groups in total. The van der Waals surface area contributed by atoms with Crippen LogP contribution in [0.1, 0.15) is 98.3 Å². The molecule has 0 nitrogen and oxygen atoms in total. The molecule has 5 unspecified atom stereocenters. The number of hydrogen-bond donors (Lipinski definition) is 0. The molecule has 4 saturated carbocycles. The molecule has 0 aromatic carbocycles. The maximum Gasteiger partial charge on any atom is -0.0264 e. The molecule has 4 aliphatic rings. The fourth-order valence-corrected chi connectivity index (χ4v) is 8.98. The summed E-state index contributed by atoms with van der Waals surface area (Å²) < 4.78 is 0. The zero-order valence-corrected chi connectivity index (χ0v) is 17.5. The highest BCUT2D eigenvalue weighted by Gasteiger charge is 2.60. The Morgan fingerprint density at radius 1 is 0.920 bits per heavy atom. The SMILES string of the molecule is [CH2]C1CC[C@@]2(C)C(CCC3C2CC[C@@]2(C)C3CC[C@@H]2[C@H](C)CCC)C1. The molecule has 4 aliphatic carbocycles. The van der Waals surface area contributed by atoms with E-state index in [1.165, 1.54) is 51.4 Å². The Kier molecular flexibility index (Phi) is 4.82. The molecule has 0 bridgehead atoms. The van der Waals surface area contributed by atoms with Crippen molar-refractivity contribution in [2.24, 2.45) is 52.3 Å². The highest BCUT2D eigenvalue weighted by molar-refractivity contribution is 5.09. The van der Waals surface area contributed by atoms with Gasteiger partial charge in [-0.15, -0.1) is 0 Å². The van der Waals surface area contributed by atoms with E-state index in [1.807, 2.05) is 0 Å². The lowest BCUT2D eigenvalue weighted by molar-refractivity contribution is -0.118. The summed E-state index contributed by atoms with van der Waals surface area (Å²) in [5, 5.41) is 0.